The molecule has 0 bridgehead atoms. The van der Waals surface area contributed by atoms with Crippen molar-refractivity contribution in [2.45, 2.75) is 26.0 Å². The highest BCUT2D eigenvalue weighted by molar-refractivity contribution is 7.22. The van der Waals surface area contributed by atoms with Gasteiger partial charge in [-0.1, -0.05) is 17.7 Å². The number of nitrogens with zero attached hydrogens (tertiary/aromatic N) is 5. The summed E-state index contributed by atoms with van der Waals surface area (Å²) >= 11 is 8.25. The van der Waals surface area contributed by atoms with Gasteiger partial charge in [0.1, 0.15) is 29.3 Å². The molecule has 1 aliphatic rings. The van der Waals surface area contributed by atoms with Crippen LogP contribution in [-0.4, -0.2) is 51.5 Å². The molecule has 6 rings (SSSR count). The fourth-order valence-corrected chi connectivity index (χ4v) is 6.25. The van der Waals surface area contributed by atoms with Crippen molar-refractivity contribution < 1.29 is 9.47 Å². The molecule has 39 heavy (non-hydrogen) atoms. The van der Waals surface area contributed by atoms with Crippen LogP contribution in [0.1, 0.15) is 17.0 Å². The average molecular weight is 562 g/mol. The van der Waals surface area contributed by atoms with E-state index in [0.717, 1.165) is 59.9 Å². The largest absolute Gasteiger partial charge is 0.486 e. The van der Waals surface area contributed by atoms with Gasteiger partial charge in [-0.25, -0.2) is 9.97 Å². The first kappa shape index (κ1) is 25.7. The number of aryl methyl sites for hydroxylation is 1. The van der Waals surface area contributed by atoms with Crippen LogP contribution in [-0.2, 0) is 30.7 Å². The molecule has 0 amide bonds. The molecule has 0 aliphatic heterocycles. The van der Waals surface area contributed by atoms with Crippen LogP contribution in [0.15, 0.2) is 55.1 Å². The van der Waals surface area contributed by atoms with Gasteiger partial charge in [0, 0.05) is 48.2 Å². The van der Waals surface area contributed by atoms with Gasteiger partial charge in [-0.2, -0.15) is 5.10 Å². The number of rotatable bonds is 11. The molecule has 1 aliphatic carbocycles. The van der Waals surface area contributed by atoms with Crippen LogP contribution >= 0.6 is 22.9 Å². The number of fused-ring (bicyclic) bond motifs is 5. The molecule has 9 nitrogen and oxygen atoms in total. The fraction of sp³-hybridized carbons (Fsp3) is 0.286. The van der Waals surface area contributed by atoms with E-state index in [1.807, 2.05) is 42.6 Å². The normalized spacial score (nSPS) is 12.4. The summed E-state index contributed by atoms with van der Waals surface area (Å²) < 4.78 is 13.1. The van der Waals surface area contributed by atoms with Crippen molar-refractivity contribution in [2.75, 3.05) is 32.1 Å². The van der Waals surface area contributed by atoms with Crippen LogP contribution in [0.4, 0.5) is 11.5 Å². The van der Waals surface area contributed by atoms with E-state index in [0.29, 0.717) is 24.0 Å². The monoisotopic (exact) mass is 561 g/mol. The van der Waals surface area contributed by atoms with Crippen molar-refractivity contribution in [3.05, 3.63) is 77.1 Å². The van der Waals surface area contributed by atoms with Crippen molar-refractivity contribution >= 4 is 44.7 Å². The number of thiophene rings is 1. The highest BCUT2D eigenvalue weighted by Gasteiger charge is 2.27. The predicted octanol–water partition coefficient (Wildman–Crippen LogP) is 5.26. The molecular weight excluding hydrogens is 534 g/mol. The lowest BCUT2D eigenvalue weighted by molar-refractivity contribution is 0.199. The lowest BCUT2D eigenvalue weighted by Gasteiger charge is -2.16. The van der Waals surface area contributed by atoms with Crippen LogP contribution in [0, 0.1) is 0 Å². The van der Waals surface area contributed by atoms with E-state index in [4.69, 9.17) is 26.2 Å². The van der Waals surface area contributed by atoms with E-state index in [1.165, 1.54) is 21.7 Å². The third kappa shape index (κ3) is 5.46. The molecular formula is C28H28ClN7O2S. The van der Waals surface area contributed by atoms with Gasteiger partial charge < -0.3 is 20.1 Å². The van der Waals surface area contributed by atoms with Gasteiger partial charge in [0.25, 0.3) is 0 Å². The van der Waals surface area contributed by atoms with E-state index >= 15 is 0 Å². The number of nitrogens with one attached hydrogen (secondary N) is 2. The molecule has 5 aromatic rings. The maximum absolute atomic E-state index is 6.56. The van der Waals surface area contributed by atoms with Crippen molar-refractivity contribution in [3.63, 3.8) is 0 Å². The zero-order chi connectivity index (χ0) is 26.6. The topological polar surface area (TPSA) is 99.0 Å². The lowest BCUT2D eigenvalue weighted by atomic mass is 9.95. The molecule has 0 saturated heterocycles. The Morgan fingerprint density at radius 2 is 2.05 bits per heavy atom. The minimum atomic E-state index is 0.351. The van der Waals surface area contributed by atoms with Gasteiger partial charge in [0.2, 0.25) is 0 Å². The van der Waals surface area contributed by atoms with E-state index in [2.05, 4.69) is 30.3 Å². The fourth-order valence-electron chi connectivity index (χ4n) is 4.79. The Labute approximate surface area is 235 Å². The first-order valence-corrected chi connectivity index (χ1v) is 14.0. The molecule has 4 aromatic heterocycles. The molecule has 4 heterocycles. The minimum absolute atomic E-state index is 0.351. The summed E-state index contributed by atoms with van der Waals surface area (Å²) in [7, 11) is 1.71. The second-order valence-electron chi connectivity index (χ2n) is 9.16. The maximum Gasteiger partial charge on any atom is 0.142 e. The average Bonchev–Trinajstić information content (AvgIpc) is 3.55. The molecule has 1 aromatic carbocycles. The Balaban J connectivity index is 1.21. The van der Waals surface area contributed by atoms with Crippen molar-refractivity contribution in [1.29, 1.82) is 0 Å². The summed E-state index contributed by atoms with van der Waals surface area (Å²) in [6.45, 7) is 3.57. The Kier molecular flexibility index (Phi) is 7.69. The Morgan fingerprint density at radius 1 is 1.10 bits per heavy atom. The number of halogens is 1. The van der Waals surface area contributed by atoms with Crippen LogP contribution in [0.3, 0.4) is 0 Å². The number of aromatic nitrogens is 5. The zero-order valence-corrected chi connectivity index (χ0v) is 23.1. The second kappa shape index (κ2) is 11.7. The molecule has 0 radical (unpaired) electrons. The van der Waals surface area contributed by atoms with Gasteiger partial charge in [-0.05, 0) is 48.7 Å². The van der Waals surface area contributed by atoms with Crippen LogP contribution < -0.4 is 15.4 Å². The maximum atomic E-state index is 6.56. The highest BCUT2D eigenvalue weighted by atomic mass is 35.5. The molecule has 0 unspecified atom stereocenters. The Morgan fingerprint density at radius 3 is 2.90 bits per heavy atom. The number of pyridine rings is 1. The standard InChI is InChI=1S/C28H28ClN7O2S/c1-37-13-11-30-10-12-36-23-7-6-20-25-27(32-17-33-28(25)39-26(20)21(23)15-34-36)35-18-5-8-24(22(29)14-18)38-16-19-4-2-3-9-31-19/h2-5,8-9,14-15,17,30H,6-7,10-13,16H2,1H3,(H,32,33,35). The number of methoxy groups -OCH3 is 1. The summed E-state index contributed by atoms with van der Waals surface area (Å²) in [5.74, 6) is 1.38. The van der Waals surface area contributed by atoms with Crippen LogP contribution in [0.25, 0.3) is 20.7 Å². The van der Waals surface area contributed by atoms with Crippen molar-refractivity contribution in [1.82, 2.24) is 30.0 Å². The number of hydrogen-bond donors (Lipinski definition) is 2. The Bertz CT molecular complexity index is 1590. The molecule has 200 valence electrons. The van der Waals surface area contributed by atoms with Gasteiger partial charge in [0.15, 0.2) is 0 Å². The molecule has 0 atom stereocenters. The van der Waals surface area contributed by atoms with Gasteiger partial charge in [-0.15, -0.1) is 11.3 Å². The first-order valence-electron chi connectivity index (χ1n) is 12.8. The summed E-state index contributed by atoms with van der Waals surface area (Å²) in [6.07, 6.45) is 7.18. The Hall–Kier alpha value is -3.57. The van der Waals surface area contributed by atoms with E-state index in [9.17, 15) is 0 Å². The summed E-state index contributed by atoms with van der Waals surface area (Å²) in [5, 5.41) is 13.1. The third-order valence-corrected chi connectivity index (χ3v) is 8.14. The second-order valence-corrected chi connectivity index (χ2v) is 10.6. The highest BCUT2D eigenvalue weighted by Crippen LogP contribution is 2.45. The number of anilines is 2. The number of ether oxygens (including phenoxy) is 2. The SMILES string of the molecule is COCCNCCn1ncc2c1CCc1c-2sc2ncnc(Nc3ccc(OCc4ccccn4)c(Cl)c3)c12. The first-order chi connectivity index (χ1) is 19.2. The van der Waals surface area contributed by atoms with Gasteiger partial charge in [0.05, 0.1) is 35.5 Å². The van der Waals surface area contributed by atoms with Crippen molar-refractivity contribution in [2.24, 2.45) is 0 Å². The minimum Gasteiger partial charge on any atom is -0.486 e. The number of hydrogen-bond acceptors (Lipinski definition) is 9. The molecule has 0 saturated carbocycles. The van der Waals surface area contributed by atoms with E-state index in [-0.39, 0.29) is 0 Å². The smallest absolute Gasteiger partial charge is 0.142 e. The quantitative estimate of drug-likeness (QED) is 0.211. The van der Waals surface area contributed by atoms with Gasteiger partial charge >= 0.3 is 0 Å². The lowest BCUT2D eigenvalue weighted by Crippen LogP contribution is -2.25. The summed E-state index contributed by atoms with van der Waals surface area (Å²) in [5.41, 5.74) is 5.41. The van der Waals surface area contributed by atoms with Crippen LogP contribution in [0.5, 0.6) is 5.75 Å². The number of benzene rings is 1. The third-order valence-electron chi connectivity index (χ3n) is 6.67. The summed E-state index contributed by atoms with van der Waals surface area (Å²) in [6, 6.07) is 11.4. The molecule has 0 fully saturated rings. The van der Waals surface area contributed by atoms with E-state index in [1.54, 1.807) is 31.0 Å². The predicted molar refractivity (Wildman–Crippen MR) is 154 cm³/mol. The molecule has 11 heteroatoms. The summed E-state index contributed by atoms with van der Waals surface area (Å²) in [4.78, 5) is 15.7. The van der Waals surface area contributed by atoms with E-state index < -0.39 is 0 Å². The zero-order valence-electron chi connectivity index (χ0n) is 21.5. The molecule has 2 N–H and O–H groups in total. The van der Waals surface area contributed by atoms with Crippen molar-refractivity contribution in [3.8, 4) is 16.2 Å². The van der Waals surface area contributed by atoms with Crippen LogP contribution in [0.2, 0.25) is 5.02 Å². The molecule has 0 spiro atoms. The van der Waals surface area contributed by atoms with Gasteiger partial charge in [-0.3, -0.25) is 9.67 Å².